The van der Waals surface area contributed by atoms with Gasteiger partial charge in [0, 0.05) is 12.7 Å². The zero-order chi connectivity index (χ0) is 20.1. The average Bonchev–Trinajstić information content (AvgIpc) is 3.16. The van der Waals surface area contributed by atoms with Crippen molar-refractivity contribution in [1.82, 2.24) is 9.29 Å². The molecule has 1 aromatic carbocycles. The third-order valence-corrected chi connectivity index (χ3v) is 6.40. The van der Waals surface area contributed by atoms with Crippen molar-refractivity contribution in [1.29, 1.82) is 0 Å². The lowest BCUT2D eigenvalue weighted by Crippen LogP contribution is -2.34. The molecule has 0 radical (unpaired) electrons. The Morgan fingerprint density at radius 2 is 1.79 bits per heavy atom. The zero-order valence-corrected chi connectivity index (χ0v) is 17.5. The van der Waals surface area contributed by atoms with Crippen molar-refractivity contribution >= 4 is 44.8 Å². The van der Waals surface area contributed by atoms with Gasteiger partial charge in [-0.15, -0.1) is 0 Å². The number of benzene rings is 1. The lowest BCUT2D eigenvalue weighted by Gasteiger charge is -2.21. The van der Waals surface area contributed by atoms with Gasteiger partial charge in [0.05, 0.1) is 22.9 Å². The van der Waals surface area contributed by atoms with Gasteiger partial charge in [-0.1, -0.05) is 40.9 Å². The summed E-state index contributed by atoms with van der Waals surface area (Å²) in [6.07, 6.45) is 2.68. The fraction of sp³-hybridized carbons (Fsp3) is 0.167. The van der Waals surface area contributed by atoms with E-state index in [1.54, 1.807) is 30.3 Å². The molecule has 2 aromatic heterocycles. The molecule has 148 valence electrons. The van der Waals surface area contributed by atoms with Crippen LogP contribution < -0.4 is 4.74 Å². The highest BCUT2D eigenvalue weighted by Gasteiger charge is 2.26. The monoisotopic (exact) mass is 460 g/mol. The van der Waals surface area contributed by atoms with Crippen LogP contribution in [-0.2, 0) is 16.6 Å². The molecule has 10 heteroatoms. The standard InChI is InChI=1S/C18H15Cl3N2O4S/c19-15-4-1-5-16(20)18(15)27-10-8-23(12-13-3-2-9-26-13)28(24,25)14-6-7-17(21)22-11-14/h1-7,9,11H,8,10,12H2. The Labute approximate surface area is 177 Å². The second-order valence-corrected chi connectivity index (χ2v) is 8.77. The van der Waals surface area contributed by atoms with Crippen LogP contribution in [0, 0.1) is 0 Å². The second-order valence-electron chi connectivity index (χ2n) is 5.63. The van der Waals surface area contributed by atoms with Crippen LogP contribution in [0.4, 0.5) is 0 Å². The van der Waals surface area contributed by atoms with Gasteiger partial charge in [-0.2, -0.15) is 4.31 Å². The van der Waals surface area contributed by atoms with Gasteiger partial charge < -0.3 is 9.15 Å². The number of aromatic nitrogens is 1. The maximum Gasteiger partial charge on any atom is 0.245 e. The molecule has 0 saturated heterocycles. The number of sulfonamides is 1. The van der Waals surface area contributed by atoms with E-state index in [1.165, 1.54) is 28.9 Å². The number of halogens is 3. The third-order valence-electron chi connectivity index (χ3n) is 3.76. The van der Waals surface area contributed by atoms with Gasteiger partial charge >= 0.3 is 0 Å². The van der Waals surface area contributed by atoms with Gasteiger partial charge in [-0.05, 0) is 36.4 Å². The number of furan rings is 1. The van der Waals surface area contributed by atoms with Gasteiger partial charge in [0.25, 0.3) is 0 Å². The number of hydrogen-bond donors (Lipinski definition) is 0. The zero-order valence-electron chi connectivity index (χ0n) is 14.4. The van der Waals surface area contributed by atoms with E-state index in [2.05, 4.69) is 4.98 Å². The minimum atomic E-state index is -3.86. The second kappa shape index (κ2) is 9.15. The summed E-state index contributed by atoms with van der Waals surface area (Å²) in [6, 6.07) is 11.2. The largest absolute Gasteiger partial charge is 0.489 e. The Morgan fingerprint density at radius 3 is 2.39 bits per heavy atom. The molecule has 0 aliphatic heterocycles. The van der Waals surface area contributed by atoms with E-state index in [-0.39, 0.29) is 29.7 Å². The van der Waals surface area contributed by atoms with E-state index in [0.29, 0.717) is 21.6 Å². The van der Waals surface area contributed by atoms with E-state index in [4.69, 9.17) is 44.0 Å². The van der Waals surface area contributed by atoms with Gasteiger partial charge in [0.1, 0.15) is 22.4 Å². The summed E-state index contributed by atoms with van der Waals surface area (Å²) in [5.74, 6) is 0.788. The minimum Gasteiger partial charge on any atom is -0.489 e. The molecule has 28 heavy (non-hydrogen) atoms. The summed E-state index contributed by atoms with van der Waals surface area (Å²) >= 11 is 17.9. The molecule has 6 nitrogen and oxygen atoms in total. The molecular weight excluding hydrogens is 447 g/mol. The molecule has 3 aromatic rings. The highest BCUT2D eigenvalue weighted by atomic mass is 35.5. The van der Waals surface area contributed by atoms with Crippen LogP contribution in [-0.4, -0.2) is 30.9 Å². The van der Waals surface area contributed by atoms with E-state index in [0.717, 1.165) is 0 Å². The molecule has 2 heterocycles. The van der Waals surface area contributed by atoms with Crippen molar-refractivity contribution in [3.63, 3.8) is 0 Å². The first kappa shape index (κ1) is 21.0. The molecule has 0 bridgehead atoms. The summed E-state index contributed by atoms with van der Waals surface area (Å²) < 4.78 is 38.2. The number of pyridine rings is 1. The number of rotatable bonds is 8. The van der Waals surface area contributed by atoms with E-state index >= 15 is 0 Å². The van der Waals surface area contributed by atoms with Gasteiger partial charge in [-0.25, -0.2) is 13.4 Å². The van der Waals surface area contributed by atoms with Crippen LogP contribution in [0.5, 0.6) is 5.75 Å². The molecule has 0 aliphatic rings. The number of para-hydroxylation sites is 1. The molecular formula is C18H15Cl3N2O4S. The van der Waals surface area contributed by atoms with Crippen molar-refractivity contribution in [3.8, 4) is 5.75 Å². The third kappa shape index (κ3) is 4.98. The van der Waals surface area contributed by atoms with Crippen molar-refractivity contribution in [2.75, 3.05) is 13.2 Å². The Bertz CT molecular complexity index is 1010. The van der Waals surface area contributed by atoms with Crippen molar-refractivity contribution in [2.24, 2.45) is 0 Å². The van der Waals surface area contributed by atoms with Crippen molar-refractivity contribution in [2.45, 2.75) is 11.4 Å². The first-order chi connectivity index (χ1) is 13.4. The van der Waals surface area contributed by atoms with E-state index < -0.39 is 10.0 Å². The average molecular weight is 462 g/mol. The van der Waals surface area contributed by atoms with Crippen molar-refractivity contribution in [3.05, 3.63) is 75.9 Å². The lowest BCUT2D eigenvalue weighted by molar-refractivity contribution is 0.262. The Balaban J connectivity index is 1.80. The minimum absolute atomic E-state index is 0.0132. The van der Waals surface area contributed by atoms with Crippen LogP contribution in [0.25, 0.3) is 0 Å². The first-order valence-corrected chi connectivity index (χ1v) is 10.7. The quantitative estimate of drug-likeness (QED) is 0.446. The molecule has 0 aliphatic carbocycles. The molecule has 0 atom stereocenters. The Kier molecular flexibility index (Phi) is 6.85. The van der Waals surface area contributed by atoms with Gasteiger partial charge in [0.2, 0.25) is 10.0 Å². The van der Waals surface area contributed by atoms with Crippen LogP contribution in [0.3, 0.4) is 0 Å². The lowest BCUT2D eigenvalue weighted by atomic mass is 10.3. The maximum atomic E-state index is 13.0. The van der Waals surface area contributed by atoms with Crippen LogP contribution in [0.2, 0.25) is 15.2 Å². The molecule has 0 unspecified atom stereocenters. The smallest absolute Gasteiger partial charge is 0.245 e. The van der Waals surface area contributed by atoms with E-state index in [1.807, 2.05) is 0 Å². The Morgan fingerprint density at radius 1 is 1.04 bits per heavy atom. The van der Waals surface area contributed by atoms with E-state index in [9.17, 15) is 8.42 Å². The first-order valence-electron chi connectivity index (χ1n) is 8.09. The van der Waals surface area contributed by atoms with Crippen LogP contribution in [0.1, 0.15) is 5.76 Å². The Hall–Kier alpha value is -1.77. The van der Waals surface area contributed by atoms with Crippen LogP contribution in [0.15, 0.2) is 64.2 Å². The topological polar surface area (TPSA) is 72.6 Å². The predicted molar refractivity (Wildman–Crippen MR) is 108 cm³/mol. The molecule has 0 saturated carbocycles. The highest BCUT2D eigenvalue weighted by molar-refractivity contribution is 7.89. The summed E-state index contributed by atoms with van der Waals surface area (Å²) in [5.41, 5.74) is 0. The van der Waals surface area contributed by atoms with Crippen LogP contribution >= 0.6 is 34.8 Å². The predicted octanol–water partition coefficient (Wildman–Crippen LogP) is 4.90. The number of nitrogens with zero attached hydrogens (tertiary/aromatic N) is 2. The molecule has 3 rings (SSSR count). The maximum absolute atomic E-state index is 13.0. The summed E-state index contributed by atoms with van der Waals surface area (Å²) in [5, 5.41) is 0.887. The number of ether oxygens (including phenoxy) is 1. The molecule has 0 fully saturated rings. The summed E-state index contributed by atoms with van der Waals surface area (Å²) in [7, 11) is -3.86. The molecule has 0 N–H and O–H groups in total. The fourth-order valence-electron chi connectivity index (χ4n) is 2.39. The molecule has 0 spiro atoms. The van der Waals surface area contributed by atoms with Gasteiger partial charge in [-0.3, -0.25) is 0 Å². The number of hydrogen-bond acceptors (Lipinski definition) is 5. The summed E-state index contributed by atoms with van der Waals surface area (Å²) in [4.78, 5) is 3.86. The van der Waals surface area contributed by atoms with Gasteiger partial charge in [0.15, 0.2) is 5.75 Å². The summed E-state index contributed by atoms with van der Waals surface area (Å²) in [6.45, 7) is 0.0925. The normalized spacial score (nSPS) is 11.7. The molecule has 0 amide bonds. The SMILES string of the molecule is O=S(=O)(c1ccc(Cl)nc1)N(CCOc1c(Cl)cccc1Cl)Cc1ccco1. The fourth-order valence-corrected chi connectivity index (χ4v) is 4.35. The van der Waals surface area contributed by atoms with Crippen molar-refractivity contribution < 1.29 is 17.6 Å². The highest BCUT2D eigenvalue weighted by Crippen LogP contribution is 2.32.